The Morgan fingerprint density at radius 2 is 1.69 bits per heavy atom. The molecule has 1 aliphatic heterocycles. The van der Waals surface area contributed by atoms with Crippen molar-refractivity contribution >= 4 is 11.7 Å². The summed E-state index contributed by atoms with van der Waals surface area (Å²) in [5.74, 6) is 0. The lowest BCUT2D eigenvalue weighted by Crippen LogP contribution is -2.32. The van der Waals surface area contributed by atoms with Crippen LogP contribution in [0.5, 0.6) is 0 Å². The van der Waals surface area contributed by atoms with Gasteiger partial charge in [-0.3, -0.25) is 0 Å². The van der Waals surface area contributed by atoms with Crippen molar-refractivity contribution in [2.45, 2.75) is 13.8 Å². The Morgan fingerprint density at radius 3 is 2.25 bits per heavy atom. The Kier molecular flexibility index (Phi) is 2.95. The maximum Gasteiger partial charge on any atom is 0.322 e. The molecule has 1 aromatic carbocycles. The maximum atomic E-state index is 11.8. The van der Waals surface area contributed by atoms with E-state index in [2.05, 4.69) is 11.4 Å². The van der Waals surface area contributed by atoms with Crippen molar-refractivity contribution in [2.75, 3.05) is 18.4 Å². The first kappa shape index (κ1) is 10.7. The molecule has 2 amide bonds. The highest BCUT2D eigenvalue weighted by atomic mass is 16.2. The van der Waals surface area contributed by atoms with Crippen LogP contribution < -0.4 is 5.32 Å². The number of nitrogens with zero attached hydrogens (tertiary/aromatic N) is 1. The minimum absolute atomic E-state index is 0.0324. The third kappa shape index (κ3) is 2.42. The number of carbonyl (C=O) groups excluding carboxylic acids is 1. The summed E-state index contributed by atoms with van der Waals surface area (Å²) in [4.78, 5) is 13.6. The van der Waals surface area contributed by atoms with Crippen molar-refractivity contribution in [2.24, 2.45) is 0 Å². The number of anilines is 1. The second kappa shape index (κ2) is 4.39. The van der Waals surface area contributed by atoms with Gasteiger partial charge in [-0.1, -0.05) is 18.2 Å². The lowest BCUT2D eigenvalue weighted by atomic mass is 10.1. The van der Waals surface area contributed by atoms with Crippen LogP contribution in [0.2, 0.25) is 0 Å². The van der Waals surface area contributed by atoms with Crippen molar-refractivity contribution < 1.29 is 4.79 Å². The van der Waals surface area contributed by atoms with Gasteiger partial charge in [-0.2, -0.15) is 0 Å². The number of nitrogens with one attached hydrogen (secondary N) is 1. The number of benzene rings is 1. The molecule has 0 bridgehead atoms. The van der Waals surface area contributed by atoms with Gasteiger partial charge in [0.1, 0.15) is 0 Å². The van der Waals surface area contributed by atoms with E-state index in [4.69, 9.17) is 0 Å². The minimum atomic E-state index is -0.0324. The van der Waals surface area contributed by atoms with Crippen molar-refractivity contribution in [1.29, 1.82) is 0 Å². The molecule has 0 atom stereocenters. The van der Waals surface area contributed by atoms with Crippen LogP contribution in [-0.4, -0.2) is 24.0 Å². The molecule has 2 rings (SSSR count). The first-order valence-corrected chi connectivity index (χ1v) is 5.44. The Bertz CT molecular complexity index is 409. The number of carbonyl (C=O) groups is 1. The smallest absolute Gasteiger partial charge is 0.317 e. The molecule has 0 unspecified atom stereocenters. The summed E-state index contributed by atoms with van der Waals surface area (Å²) >= 11 is 0. The molecule has 0 aromatic heterocycles. The average Bonchev–Trinajstić information content (AvgIpc) is 2.68. The zero-order valence-corrected chi connectivity index (χ0v) is 9.66. The van der Waals surface area contributed by atoms with Crippen molar-refractivity contribution in [1.82, 2.24) is 4.90 Å². The highest BCUT2D eigenvalue weighted by Gasteiger charge is 2.13. The standard InChI is InChI=1S/C13H16N2O/c1-10-7-11(2)9-12(8-10)14-13(16)15-5-3-4-6-15/h3-4,7-9H,5-6H2,1-2H3,(H,14,16). The van der Waals surface area contributed by atoms with Gasteiger partial charge in [0.2, 0.25) is 0 Å². The molecule has 0 saturated carbocycles. The van der Waals surface area contributed by atoms with Gasteiger partial charge < -0.3 is 10.2 Å². The predicted molar refractivity (Wildman–Crippen MR) is 65.6 cm³/mol. The molecule has 3 nitrogen and oxygen atoms in total. The lowest BCUT2D eigenvalue weighted by Gasteiger charge is -2.16. The van der Waals surface area contributed by atoms with Crippen molar-refractivity contribution in [3.63, 3.8) is 0 Å². The lowest BCUT2D eigenvalue weighted by molar-refractivity contribution is 0.224. The molecule has 0 saturated heterocycles. The fraction of sp³-hybridized carbons (Fsp3) is 0.308. The van der Waals surface area contributed by atoms with Gasteiger partial charge in [-0.25, -0.2) is 4.79 Å². The van der Waals surface area contributed by atoms with Crippen molar-refractivity contribution in [3.8, 4) is 0 Å². The summed E-state index contributed by atoms with van der Waals surface area (Å²) in [5.41, 5.74) is 3.19. The van der Waals surface area contributed by atoms with E-state index in [1.54, 1.807) is 4.90 Å². The Balaban J connectivity index is 2.05. The van der Waals surface area contributed by atoms with Crippen LogP contribution >= 0.6 is 0 Å². The molecule has 1 N–H and O–H groups in total. The number of hydrogen-bond donors (Lipinski definition) is 1. The third-order valence-electron chi connectivity index (χ3n) is 2.58. The maximum absolute atomic E-state index is 11.8. The second-order valence-corrected chi connectivity index (χ2v) is 4.18. The van der Waals surface area contributed by atoms with Gasteiger partial charge in [0.05, 0.1) is 0 Å². The molecule has 3 heteroatoms. The van der Waals surface area contributed by atoms with Crippen LogP contribution in [0, 0.1) is 13.8 Å². The van der Waals surface area contributed by atoms with E-state index >= 15 is 0 Å². The molecule has 0 fully saturated rings. The number of urea groups is 1. The Labute approximate surface area is 95.8 Å². The summed E-state index contributed by atoms with van der Waals surface area (Å²) in [6.45, 7) is 5.47. The monoisotopic (exact) mass is 216 g/mol. The number of aryl methyl sites for hydroxylation is 2. The highest BCUT2D eigenvalue weighted by molar-refractivity contribution is 5.90. The van der Waals surface area contributed by atoms with Crippen molar-refractivity contribution in [3.05, 3.63) is 41.5 Å². The summed E-state index contributed by atoms with van der Waals surface area (Å²) in [6.07, 6.45) is 4.00. The first-order chi connectivity index (χ1) is 7.65. The van der Waals surface area contributed by atoms with Crippen LogP contribution in [0.4, 0.5) is 10.5 Å². The van der Waals surface area contributed by atoms with Gasteiger partial charge in [-0.15, -0.1) is 0 Å². The molecule has 16 heavy (non-hydrogen) atoms. The Morgan fingerprint density at radius 1 is 1.12 bits per heavy atom. The van der Waals surface area contributed by atoms with E-state index in [0.29, 0.717) is 13.1 Å². The molecular weight excluding hydrogens is 200 g/mol. The fourth-order valence-corrected chi connectivity index (χ4v) is 1.89. The van der Waals surface area contributed by atoms with Crippen LogP contribution in [0.1, 0.15) is 11.1 Å². The second-order valence-electron chi connectivity index (χ2n) is 4.18. The zero-order chi connectivity index (χ0) is 11.5. The molecule has 0 aliphatic carbocycles. The van der Waals surface area contributed by atoms with E-state index in [-0.39, 0.29) is 6.03 Å². The normalized spacial score (nSPS) is 14.2. The largest absolute Gasteiger partial charge is 0.322 e. The van der Waals surface area contributed by atoms with E-state index < -0.39 is 0 Å². The molecule has 1 heterocycles. The number of rotatable bonds is 1. The summed E-state index contributed by atoms with van der Waals surface area (Å²) < 4.78 is 0. The van der Waals surface area contributed by atoms with Crippen LogP contribution in [-0.2, 0) is 0 Å². The van der Waals surface area contributed by atoms with Gasteiger partial charge in [0.15, 0.2) is 0 Å². The molecule has 0 spiro atoms. The number of hydrogen-bond acceptors (Lipinski definition) is 1. The van der Waals surface area contributed by atoms with Crippen LogP contribution in [0.25, 0.3) is 0 Å². The molecule has 1 aliphatic rings. The van der Waals surface area contributed by atoms with Gasteiger partial charge in [0, 0.05) is 18.8 Å². The van der Waals surface area contributed by atoms with E-state index in [1.165, 1.54) is 0 Å². The van der Waals surface area contributed by atoms with Gasteiger partial charge in [0.25, 0.3) is 0 Å². The molecule has 0 radical (unpaired) electrons. The molecule has 1 aromatic rings. The third-order valence-corrected chi connectivity index (χ3v) is 2.58. The minimum Gasteiger partial charge on any atom is -0.317 e. The topological polar surface area (TPSA) is 32.3 Å². The van der Waals surface area contributed by atoms with Crippen LogP contribution in [0.15, 0.2) is 30.4 Å². The zero-order valence-electron chi connectivity index (χ0n) is 9.66. The summed E-state index contributed by atoms with van der Waals surface area (Å²) in [6, 6.07) is 6.02. The summed E-state index contributed by atoms with van der Waals surface area (Å²) in [7, 11) is 0. The fourth-order valence-electron chi connectivity index (χ4n) is 1.89. The average molecular weight is 216 g/mol. The first-order valence-electron chi connectivity index (χ1n) is 5.44. The van der Waals surface area contributed by atoms with Gasteiger partial charge >= 0.3 is 6.03 Å². The molecular formula is C13H16N2O. The quantitative estimate of drug-likeness (QED) is 0.719. The Hall–Kier alpha value is -1.77. The predicted octanol–water partition coefficient (Wildman–Crippen LogP) is 2.71. The van der Waals surface area contributed by atoms with E-state index in [9.17, 15) is 4.79 Å². The van der Waals surface area contributed by atoms with E-state index in [0.717, 1.165) is 16.8 Å². The summed E-state index contributed by atoms with van der Waals surface area (Å²) in [5, 5.41) is 2.91. The SMILES string of the molecule is Cc1cc(C)cc(NC(=O)N2CC=CC2)c1. The van der Waals surface area contributed by atoms with Crippen LogP contribution in [0.3, 0.4) is 0 Å². The van der Waals surface area contributed by atoms with Gasteiger partial charge in [-0.05, 0) is 37.1 Å². The van der Waals surface area contributed by atoms with E-state index in [1.807, 2.05) is 38.1 Å². The number of amides is 2. The highest BCUT2D eigenvalue weighted by Crippen LogP contribution is 2.14. The molecule has 84 valence electrons.